The van der Waals surface area contributed by atoms with Gasteiger partial charge in [0.2, 0.25) is 0 Å². The fraction of sp³-hybridized carbons (Fsp3) is 0.458. The van der Waals surface area contributed by atoms with Crippen molar-refractivity contribution >= 4 is 24.8 Å². The minimum absolute atomic E-state index is 0.0102. The molecule has 4 nitrogen and oxygen atoms in total. The summed E-state index contributed by atoms with van der Waals surface area (Å²) in [6.07, 6.45) is 1.23. The van der Waals surface area contributed by atoms with E-state index >= 15 is 0 Å². The number of benzene rings is 2. The molecule has 0 radical (unpaired) electrons. The molecule has 154 valence electrons. The molecule has 0 bridgehead atoms. The smallest absolute Gasteiger partial charge is 0.407 e. The lowest BCUT2D eigenvalue weighted by Crippen LogP contribution is -2.67. The summed E-state index contributed by atoms with van der Waals surface area (Å²) in [6, 6.07) is 21.3. The number of amides is 1. The molecule has 1 N–H and O–H groups in total. The van der Waals surface area contributed by atoms with Crippen LogP contribution in [0, 0.1) is 11.3 Å². The number of hydrogen-bond acceptors (Lipinski definition) is 2. The molecule has 1 amide bonds. The maximum absolute atomic E-state index is 11.6. The highest BCUT2D eigenvalue weighted by Crippen LogP contribution is 2.58. The highest BCUT2D eigenvalue weighted by molar-refractivity contribution is 6.99. The normalized spacial score (nSPS) is 24.1. The van der Waals surface area contributed by atoms with E-state index in [0.29, 0.717) is 25.6 Å². The number of carbonyl (C=O) groups is 1. The second kappa shape index (κ2) is 7.29. The van der Waals surface area contributed by atoms with E-state index in [4.69, 9.17) is 4.43 Å². The first kappa shape index (κ1) is 20.2. The quantitative estimate of drug-likeness (QED) is 0.761. The Kier molecular flexibility index (Phi) is 5.07. The molecule has 2 aromatic rings. The number of carboxylic acid groups (broad SMARTS) is 1. The number of hydrogen-bond donors (Lipinski definition) is 1. The molecule has 1 saturated heterocycles. The van der Waals surface area contributed by atoms with Gasteiger partial charge in [-0.1, -0.05) is 81.4 Å². The fourth-order valence-corrected chi connectivity index (χ4v) is 9.86. The van der Waals surface area contributed by atoms with E-state index < -0.39 is 14.4 Å². The summed E-state index contributed by atoms with van der Waals surface area (Å²) in [6.45, 7) is 8.74. The van der Waals surface area contributed by atoms with Gasteiger partial charge in [0.05, 0.1) is 0 Å². The molecular weight excluding hydrogens is 378 g/mol. The lowest BCUT2D eigenvalue weighted by Gasteiger charge is -2.44. The first-order valence-electron chi connectivity index (χ1n) is 10.5. The Morgan fingerprint density at radius 3 is 2.14 bits per heavy atom. The van der Waals surface area contributed by atoms with Crippen LogP contribution in [0.25, 0.3) is 0 Å². The average Bonchev–Trinajstić information content (AvgIpc) is 3.43. The van der Waals surface area contributed by atoms with Gasteiger partial charge in [-0.15, -0.1) is 0 Å². The molecule has 5 heteroatoms. The van der Waals surface area contributed by atoms with Crippen LogP contribution in [0.5, 0.6) is 0 Å². The highest BCUT2D eigenvalue weighted by atomic mass is 28.4. The monoisotopic (exact) mass is 409 g/mol. The van der Waals surface area contributed by atoms with Gasteiger partial charge in [-0.05, 0) is 34.2 Å². The molecule has 29 heavy (non-hydrogen) atoms. The molecular formula is C24H31NO3Si. The third kappa shape index (κ3) is 3.51. The summed E-state index contributed by atoms with van der Waals surface area (Å²) >= 11 is 0. The second-order valence-corrected chi connectivity index (χ2v) is 14.0. The molecule has 0 aromatic heterocycles. The maximum Gasteiger partial charge on any atom is 0.407 e. The van der Waals surface area contributed by atoms with Gasteiger partial charge >= 0.3 is 6.09 Å². The number of piperidine rings is 1. The average molecular weight is 410 g/mol. The Hall–Kier alpha value is -2.11. The van der Waals surface area contributed by atoms with Crippen molar-refractivity contribution in [2.24, 2.45) is 11.3 Å². The van der Waals surface area contributed by atoms with E-state index in [1.807, 2.05) is 0 Å². The topological polar surface area (TPSA) is 49.8 Å². The van der Waals surface area contributed by atoms with E-state index in [-0.39, 0.29) is 10.5 Å². The Balaban J connectivity index is 1.71. The van der Waals surface area contributed by atoms with Crippen LogP contribution in [0.1, 0.15) is 33.6 Å². The molecule has 2 fully saturated rings. The predicted molar refractivity (Wildman–Crippen MR) is 118 cm³/mol. The molecule has 2 atom stereocenters. The van der Waals surface area contributed by atoms with Crippen molar-refractivity contribution in [3.05, 3.63) is 60.7 Å². The fourth-order valence-electron chi connectivity index (χ4n) is 5.20. The van der Waals surface area contributed by atoms with Crippen molar-refractivity contribution in [3.8, 4) is 0 Å². The third-order valence-electron chi connectivity index (χ3n) is 6.88. The lowest BCUT2D eigenvalue weighted by atomic mass is 9.99. The molecule has 1 saturated carbocycles. The first-order valence-corrected chi connectivity index (χ1v) is 12.4. The number of likely N-dealkylation sites (tertiary alicyclic amines) is 1. The molecule has 2 unspecified atom stereocenters. The van der Waals surface area contributed by atoms with Crippen molar-refractivity contribution in [1.82, 2.24) is 4.90 Å². The zero-order valence-corrected chi connectivity index (χ0v) is 18.6. The zero-order valence-electron chi connectivity index (χ0n) is 17.6. The Morgan fingerprint density at radius 2 is 1.66 bits per heavy atom. The van der Waals surface area contributed by atoms with Gasteiger partial charge in [0.1, 0.15) is 0 Å². The summed E-state index contributed by atoms with van der Waals surface area (Å²) in [5.41, 5.74) is -0.0102. The predicted octanol–water partition coefficient (Wildman–Crippen LogP) is 3.95. The minimum atomic E-state index is -2.57. The largest absolute Gasteiger partial charge is 0.465 e. The maximum atomic E-state index is 11.6. The Labute approximate surface area is 174 Å². The van der Waals surface area contributed by atoms with Crippen LogP contribution < -0.4 is 10.4 Å². The molecule has 1 aliphatic carbocycles. The van der Waals surface area contributed by atoms with Crippen molar-refractivity contribution in [2.45, 2.75) is 38.7 Å². The van der Waals surface area contributed by atoms with E-state index in [0.717, 1.165) is 12.8 Å². The molecule has 0 spiro atoms. The molecule has 1 aliphatic heterocycles. The molecule has 2 aromatic carbocycles. The minimum Gasteiger partial charge on any atom is -0.465 e. The van der Waals surface area contributed by atoms with Gasteiger partial charge in [0, 0.05) is 25.1 Å². The van der Waals surface area contributed by atoms with E-state index in [1.165, 1.54) is 10.4 Å². The van der Waals surface area contributed by atoms with Crippen molar-refractivity contribution in [1.29, 1.82) is 0 Å². The number of fused-ring (bicyclic) bond motifs is 1. The van der Waals surface area contributed by atoms with Crippen LogP contribution in [-0.2, 0) is 4.43 Å². The Bertz CT molecular complexity index is 825. The van der Waals surface area contributed by atoms with Crippen LogP contribution in [0.4, 0.5) is 4.79 Å². The molecule has 4 rings (SSSR count). The molecule has 1 heterocycles. The summed E-state index contributed by atoms with van der Waals surface area (Å²) in [4.78, 5) is 13.1. The Morgan fingerprint density at radius 1 is 1.10 bits per heavy atom. The first-order chi connectivity index (χ1) is 13.8. The van der Waals surface area contributed by atoms with Gasteiger partial charge in [0.15, 0.2) is 0 Å². The van der Waals surface area contributed by atoms with Gasteiger partial charge in [-0.25, -0.2) is 4.79 Å². The van der Waals surface area contributed by atoms with Crippen molar-refractivity contribution in [2.75, 3.05) is 19.7 Å². The van der Waals surface area contributed by atoms with Gasteiger partial charge in [0.25, 0.3) is 8.32 Å². The standard InChI is InChI=1S/C24H31NO3Si/c1-23(2,3)29(20-10-6-4-7-11-20,21-12-8-5-9-13-21)28-18-24-16-19(24)14-15-25(17-24)22(26)27/h4-13,19H,14-18H2,1-3H3,(H,26,27). The third-order valence-corrected chi connectivity index (χ3v) is 11.9. The summed E-state index contributed by atoms with van der Waals surface area (Å²) in [5.74, 6) is 0.594. The van der Waals surface area contributed by atoms with E-state index in [9.17, 15) is 9.90 Å². The number of nitrogens with zero attached hydrogens (tertiary/aromatic N) is 1. The molecule has 2 aliphatic rings. The van der Waals surface area contributed by atoms with Crippen molar-refractivity contribution < 1.29 is 14.3 Å². The van der Waals surface area contributed by atoms with Crippen LogP contribution >= 0.6 is 0 Å². The summed E-state index contributed by atoms with van der Waals surface area (Å²) < 4.78 is 7.10. The van der Waals surface area contributed by atoms with E-state index in [1.54, 1.807) is 4.90 Å². The SMILES string of the molecule is CC(C)(C)[Si](OCC12CC1CCN(C(=O)O)C2)(c1ccccc1)c1ccccc1. The summed E-state index contributed by atoms with van der Waals surface area (Å²) in [5, 5.41) is 12.0. The van der Waals surface area contributed by atoms with Crippen LogP contribution in [0.2, 0.25) is 5.04 Å². The van der Waals surface area contributed by atoms with E-state index in [2.05, 4.69) is 81.4 Å². The van der Waals surface area contributed by atoms with Gasteiger partial charge in [-0.2, -0.15) is 0 Å². The van der Waals surface area contributed by atoms with Crippen LogP contribution in [0.3, 0.4) is 0 Å². The van der Waals surface area contributed by atoms with Crippen LogP contribution in [0.15, 0.2) is 60.7 Å². The highest BCUT2D eigenvalue weighted by Gasteiger charge is 2.60. The number of rotatable bonds is 5. The van der Waals surface area contributed by atoms with Gasteiger partial charge in [-0.3, -0.25) is 0 Å². The second-order valence-electron chi connectivity index (χ2n) is 9.71. The lowest BCUT2D eigenvalue weighted by molar-refractivity contribution is 0.0949. The van der Waals surface area contributed by atoms with Gasteiger partial charge < -0.3 is 14.4 Å². The van der Waals surface area contributed by atoms with Crippen LogP contribution in [-0.4, -0.2) is 44.1 Å². The summed E-state index contributed by atoms with van der Waals surface area (Å²) in [7, 11) is -2.57. The van der Waals surface area contributed by atoms with Crippen molar-refractivity contribution in [3.63, 3.8) is 0 Å². The zero-order chi connectivity index (χ0) is 20.7.